The Kier molecular flexibility index (Phi) is 6.24. The van der Waals surface area contributed by atoms with E-state index >= 15 is 0 Å². The van der Waals surface area contributed by atoms with E-state index < -0.39 is 0 Å². The zero-order chi connectivity index (χ0) is 15.2. The summed E-state index contributed by atoms with van der Waals surface area (Å²) in [6.07, 6.45) is 3.11. The molecule has 1 amide bonds. The first kappa shape index (κ1) is 16.5. The largest absolute Gasteiger partial charge is 0.353 e. The number of halogens is 1. The summed E-state index contributed by atoms with van der Waals surface area (Å²) in [5, 5.41) is 3.12. The summed E-state index contributed by atoms with van der Waals surface area (Å²) < 4.78 is 1.11. The van der Waals surface area contributed by atoms with Crippen LogP contribution in [0.15, 0.2) is 28.7 Å². The van der Waals surface area contributed by atoms with Gasteiger partial charge in [-0.25, -0.2) is 0 Å². The van der Waals surface area contributed by atoms with E-state index in [1.165, 1.54) is 5.56 Å². The van der Waals surface area contributed by atoms with Crippen LogP contribution in [0, 0.1) is 5.92 Å². The summed E-state index contributed by atoms with van der Waals surface area (Å²) in [6.45, 7) is 7.06. The second-order valence-electron chi connectivity index (χ2n) is 6.02. The third kappa shape index (κ3) is 5.11. The van der Waals surface area contributed by atoms with Crippen LogP contribution in [0.4, 0.5) is 0 Å². The van der Waals surface area contributed by atoms with Crippen LogP contribution >= 0.6 is 15.9 Å². The molecule has 2 atom stereocenters. The average Bonchev–Trinajstić information content (AvgIpc) is 2.49. The van der Waals surface area contributed by atoms with Gasteiger partial charge in [0.1, 0.15) is 0 Å². The molecule has 0 bridgehead atoms. The SMILES string of the molecule is CCC(C)NC(=O)C1CCCN(Cc2ccc(Br)cc2)C1. The molecular formula is C17H25BrN2O. The van der Waals surface area contributed by atoms with Gasteiger partial charge in [-0.05, 0) is 50.4 Å². The topological polar surface area (TPSA) is 32.3 Å². The first-order valence-electron chi connectivity index (χ1n) is 7.85. The fourth-order valence-electron chi connectivity index (χ4n) is 2.72. The average molecular weight is 353 g/mol. The summed E-state index contributed by atoms with van der Waals surface area (Å²) >= 11 is 3.46. The maximum absolute atomic E-state index is 12.3. The summed E-state index contributed by atoms with van der Waals surface area (Å²) in [7, 11) is 0. The van der Waals surface area contributed by atoms with Crippen LogP contribution in [0.25, 0.3) is 0 Å². The summed E-state index contributed by atoms with van der Waals surface area (Å²) in [5.74, 6) is 0.369. The van der Waals surface area contributed by atoms with Crippen LogP contribution < -0.4 is 5.32 Å². The third-order valence-corrected chi connectivity index (χ3v) is 4.73. The molecule has 0 aromatic heterocycles. The Morgan fingerprint density at radius 1 is 1.43 bits per heavy atom. The molecule has 1 fully saturated rings. The number of rotatable bonds is 5. The van der Waals surface area contributed by atoms with Gasteiger partial charge in [0.25, 0.3) is 0 Å². The number of benzene rings is 1. The summed E-state index contributed by atoms with van der Waals surface area (Å²) in [6, 6.07) is 8.72. The first-order valence-corrected chi connectivity index (χ1v) is 8.65. The maximum atomic E-state index is 12.3. The lowest BCUT2D eigenvalue weighted by Gasteiger charge is -2.32. The number of likely N-dealkylation sites (tertiary alicyclic amines) is 1. The summed E-state index contributed by atoms with van der Waals surface area (Å²) in [5.41, 5.74) is 1.31. The van der Waals surface area contributed by atoms with Crippen molar-refractivity contribution in [3.8, 4) is 0 Å². The second kappa shape index (κ2) is 7.95. The zero-order valence-corrected chi connectivity index (χ0v) is 14.5. The van der Waals surface area contributed by atoms with Crippen LogP contribution in [0.3, 0.4) is 0 Å². The first-order chi connectivity index (χ1) is 10.1. The molecular weight excluding hydrogens is 328 g/mol. The lowest BCUT2D eigenvalue weighted by Crippen LogP contribution is -2.44. The Labute approximate surface area is 136 Å². The van der Waals surface area contributed by atoms with Gasteiger partial charge in [-0.3, -0.25) is 9.69 Å². The molecule has 3 nitrogen and oxygen atoms in total. The molecule has 1 aliphatic heterocycles. The van der Waals surface area contributed by atoms with E-state index in [0.717, 1.165) is 43.4 Å². The predicted octanol–water partition coefficient (Wildman–Crippen LogP) is 3.58. The van der Waals surface area contributed by atoms with E-state index in [2.05, 4.69) is 64.3 Å². The van der Waals surface area contributed by atoms with Crippen LogP contribution in [0.5, 0.6) is 0 Å². The molecule has 0 saturated carbocycles. The molecule has 0 aliphatic carbocycles. The molecule has 0 radical (unpaired) electrons. The zero-order valence-electron chi connectivity index (χ0n) is 12.9. The monoisotopic (exact) mass is 352 g/mol. The van der Waals surface area contributed by atoms with E-state index in [-0.39, 0.29) is 17.9 Å². The van der Waals surface area contributed by atoms with Crippen molar-refractivity contribution in [1.29, 1.82) is 0 Å². The maximum Gasteiger partial charge on any atom is 0.224 e. The molecule has 1 aromatic carbocycles. The minimum atomic E-state index is 0.142. The number of nitrogens with zero attached hydrogens (tertiary/aromatic N) is 1. The number of carbonyl (C=O) groups excluding carboxylic acids is 1. The standard InChI is InChI=1S/C17H25BrN2O/c1-3-13(2)19-17(21)15-5-4-10-20(12-15)11-14-6-8-16(18)9-7-14/h6-9,13,15H,3-5,10-12H2,1-2H3,(H,19,21). The Hall–Kier alpha value is -0.870. The number of piperidine rings is 1. The van der Waals surface area contributed by atoms with E-state index in [9.17, 15) is 4.79 Å². The van der Waals surface area contributed by atoms with Crippen LogP contribution in [-0.2, 0) is 11.3 Å². The smallest absolute Gasteiger partial charge is 0.224 e. The highest BCUT2D eigenvalue weighted by atomic mass is 79.9. The van der Waals surface area contributed by atoms with Crippen LogP contribution in [0.1, 0.15) is 38.7 Å². The summed E-state index contributed by atoms with van der Waals surface area (Å²) in [4.78, 5) is 14.7. The Morgan fingerprint density at radius 3 is 2.81 bits per heavy atom. The van der Waals surface area contributed by atoms with Crippen molar-refractivity contribution < 1.29 is 4.79 Å². The van der Waals surface area contributed by atoms with Gasteiger partial charge in [-0.15, -0.1) is 0 Å². The highest BCUT2D eigenvalue weighted by molar-refractivity contribution is 9.10. The van der Waals surface area contributed by atoms with Gasteiger partial charge in [0.2, 0.25) is 5.91 Å². The number of hydrogen-bond donors (Lipinski definition) is 1. The minimum absolute atomic E-state index is 0.142. The van der Waals surface area contributed by atoms with Crippen LogP contribution in [0.2, 0.25) is 0 Å². The molecule has 1 heterocycles. The van der Waals surface area contributed by atoms with Crippen LogP contribution in [-0.4, -0.2) is 29.9 Å². The number of nitrogens with one attached hydrogen (secondary N) is 1. The Balaban J connectivity index is 1.88. The molecule has 116 valence electrons. The van der Waals surface area contributed by atoms with Crippen molar-refractivity contribution >= 4 is 21.8 Å². The van der Waals surface area contributed by atoms with Crippen molar-refractivity contribution in [2.24, 2.45) is 5.92 Å². The van der Waals surface area contributed by atoms with Crippen molar-refractivity contribution in [1.82, 2.24) is 10.2 Å². The van der Waals surface area contributed by atoms with Gasteiger partial charge in [0.15, 0.2) is 0 Å². The molecule has 1 saturated heterocycles. The van der Waals surface area contributed by atoms with Crippen molar-refractivity contribution in [3.05, 3.63) is 34.3 Å². The fourth-order valence-corrected chi connectivity index (χ4v) is 2.99. The van der Waals surface area contributed by atoms with Gasteiger partial charge >= 0.3 is 0 Å². The molecule has 2 unspecified atom stereocenters. The third-order valence-electron chi connectivity index (χ3n) is 4.20. The number of carbonyl (C=O) groups is 1. The van der Waals surface area contributed by atoms with Crippen molar-refractivity contribution in [2.45, 2.75) is 45.7 Å². The van der Waals surface area contributed by atoms with Gasteiger partial charge in [0, 0.05) is 23.6 Å². The van der Waals surface area contributed by atoms with E-state index in [0.29, 0.717) is 0 Å². The van der Waals surface area contributed by atoms with E-state index in [4.69, 9.17) is 0 Å². The molecule has 1 N–H and O–H groups in total. The molecule has 21 heavy (non-hydrogen) atoms. The second-order valence-corrected chi connectivity index (χ2v) is 6.93. The van der Waals surface area contributed by atoms with Gasteiger partial charge in [-0.1, -0.05) is 35.0 Å². The number of hydrogen-bond acceptors (Lipinski definition) is 2. The van der Waals surface area contributed by atoms with Gasteiger partial charge in [-0.2, -0.15) is 0 Å². The van der Waals surface area contributed by atoms with Crippen molar-refractivity contribution in [3.63, 3.8) is 0 Å². The molecule has 1 aliphatic rings. The Bertz CT molecular complexity index is 460. The molecule has 2 rings (SSSR count). The normalized spacial score (nSPS) is 21.0. The van der Waals surface area contributed by atoms with E-state index in [1.54, 1.807) is 0 Å². The highest BCUT2D eigenvalue weighted by Gasteiger charge is 2.26. The Morgan fingerprint density at radius 2 is 2.14 bits per heavy atom. The highest BCUT2D eigenvalue weighted by Crippen LogP contribution is 2.20. The molecule has 4 heteroatoms. The molecule has 1 aromatic rings. The predicted molar refractivity (Wildman–Crippen MR) is 90.0 cm³/mol. The number of amides is 1. The minimum Gasteiger partial charge on any atom is -0.353 e. The lowest BCUT2D eigenvalue weighted by atomic mass is 9.96. The van der Waals surface area contributed by atoms with Crippen molar-refractivity contribution in [2.75, 3.05) is 13.1 Å². The quantitative estimate of drug-likeness (QED) is 0.878. The lowest BCUT2D eigenvalue weighted by molar-refractivity contribution is -0.127. The molecule has 0 spiro atoms. The van der Waals surface area contributed by atoms with Gasteiger partial charge in [0.05, 0.1) is 5.92 Å². The fraction of sp³-hybridized carbons (Fsp3) is 0.588. The van der Waals surface area contributed by atoms with E-state index in [1.807, 2.05) is 0 Å². The van der Waals surface area contributed by atoms with Gasteiger partial charge < -0.3 is 5.32 Å².